The first-order valence-corrected chi connectivity index (χ1v) is 5.24. The van der Waals surface area contributed by atoms with Crippen molar-refractivity contribution in [3.8, 4) is 0 Å². The Morgan fingerprint density at radius 3 is 2.94 bits per heavy atom. The Kier molecular flexibility index (Phi) is 3.00. The van der Waals surface area contributed by atoms with E-state index in [1.807, 2.05) is 13.8 Å². The lowest BCUT2D eigenvalue weighted by Gasteiger charge is -2.19. The van der Waals surface area contributed by atoms with Crippen LogP contribution >= 0.6 is 0 Å². The van der Waals surface area contributed by atoms with E-state index in [1.165, 1.54) is 6.33 Å². The molecule has 0 saturated carbocycles. The molecule has 0 aliphatic heterocycles. The lowest BCUT2D eigenvalue weighted by Crippen LogP contribution is -2.26. The van der Waals surface area contributed by atoms with Gasteiger partial charge in [-0.25, -0.2) is 15.0 Å². The van der Waals surface area contributed by atoms with Crippen molar-refractivity contribution in [3.05, 3.63) is 12.7 Å². The van der Waals surface area contributed by atoms with Gasteiger partial charge in [-0.2, -0.15) is 0 Å². The Bertz CT molecular complexity index is 469. The summed E-state index contributed by atoms with van der Waals surface area (Å²) in [6, 6.07) is 0.131. The second-order valence-electron chi connectivity index (χ2n) is 3.92. The predicted octanol–water partition coefficient (Wildman–Crippen LogP) is 0.782. The molecule has 86 valence electrons. The first kappa shape index (κ1) is 10.8. The van der Waals surface area contributed by atoms with Crippen LogP contribution in [0.5, 0.6) is 0 Å². The average molecular weight is 221 g/mol. The van der Waals surface area contributed by atoms with E-state index in [1.54, 1.807) is 6.33 Å². The highest BCUT2D eigenvalue weighted by Gasteiger charge is 2.13. The maximum Gasteiger partial charge on any atom is 0.182 e. The smallest absolute Gasteiger partial charge is 0.182 e. The zero-order valence-corrected chi connectivity index (χ0v) is 9.31. The van der Waals surface area contributed by atoms with Gasteiger partial charge in [0.2, 0.25) is 0 Å². The minimum atomic E-state index is 0.131. The van der Waals surface area contributed by atoms with Gasteiger partial charge in [-0.3, -0.25) is 0 Å². The molecule has 0 amide bonds. The molecule has 2 unspecified atom stereocenters. The van der Waals surface area contributed by atoms with Gasteiger partial charge in [-0.05, 0) is 12.8 Å². The van der Waals surface area contributed by atoms with Crippen LogP contribution in [0.15, 0.2) is 12.7 Å². The summed E-state index contributed by atoms with van der Waals surface area (Å²) < 4.78 is 0. The van der Waals surface area contributed by atoms with E-state index in [0.717, 1.165) is 11.3 Å². The number of fused-ring (bicyclic) bond motifs is 1. The molecule has 6 nitrogen and oxygen atoms in total. The largest absolute Gasteiger partial charge is 0.396 e. The molecule has 2 atom stereocenters. The highest BCUT2D eigenvalue weighted by Crippen LogP contribution is 2.17. The number of rotatable bonds is 4. The molecule has 0 radical (unpaired) electrons. The molecule has 0 aliphatic rings. The molecule has 0 saturated heterocycles. The van der Waals surface area contributed by atoms with E-state index in [4.69, 9.17) is 5.11 Å². The standard InChI is InChI=1S/C10H15N5O/c1-6(3-16)7(2)15-10-8-9(12-4-11-8)13-5-14-10/h4-7,16H,3H2,1-2H3,(H2,11,12,13,14,15). The highest BCUT2D eigenvalue weighted by molar-refractivity contribution is 5.81. The number of nitrogens with one attached hydrogen (secondary N) is 2. The van der Waals surface area contributed by atoms with Gasteiger partial charge in [0.15, 0.2) is 11.5 Å². The zero-order valence-electron chi connectivity index (χ0n) is 9.31. The zero-order chi connectivity index (χ0) is 11.5. The topological polar surface area (TPSA) is 86.7 Å². The van der Waals surface area contributed by atoms with Crippen molar-refractivity contribution in [2.75, 3.05) is 11.9 Å². The van der Waals surface area contributed by atoms with Gasteiger partial charge in [0.25, 0.3) is 0 Å². The quantitative estimate of drug-likeness (QED) is 0.710. The molecule has 0 spiro atoms. The van der Waals surface area contributed by atoms with Crippen LogP contribution in [-0.2, 0) is 0 Å². The van der Waals surface area contributed by atoms with E-state index in [0.29, 0.717) is 5.65 Å². The summed E-state index contributed by atoms with van der Waals surface area (Å²) in [5.41, 5.74) is 1.43. The summed E-state index contributed by atoms with van der Waals surface area (Å²) in [5.74, 6) is 0.878. The molecule has 0 aliphatic carbocycles. The fourth-order valence-corrected chi connectivity index (χ4v) is 1.39. The van der Waals surface area contributed by atoms with Gasteiger partial charge in [0, 0.05) is 12.6 Å². The second-order valence-corrected chi connectivity index (χ2v) is 3.92. The fraction of sp³-hybridized carbons (Fsp3) is 0.500. The van der Waals surface area contributed by atoms with Gasteiger partial charge in [0.1, 0.15) is 11.8 Å². The average Bonchev–Trinajstić information content (AvgIpc) is 2.77. The summed E-state index contributed by atoms with van der Waals surface area (Å²) >= 11 is 0. The molecule has 2 rings (SSSR count). The number of imidazole rings is 1. The number of aromatic amines is 1. The summed E-state index contributed by atoms with van der Waals surface area (Å²) in [5, 5.41) is 12.3. The molecule has 2 heterocycles. The minimum Gasteiger partial charge on any atom is -0.396 e. The maximum absolute atomic E-state index is 9.06. The highest BCUT2D eigenvalue weighted by atomic mass is 16.3. The predicted molar refractivity (Wildman–Crippen MR) is 61.0 cm³/mol. The summed E-state index contributed by atoms with van der Waals surface area (Å²) in [6.45, 7) is 4.12. The van der Waals surface area contributed by atoms with Crippen LogP contribution in [0.25, 0.3) is 11.2 Å². The minimum absolute atomic E-state index is 0.131. The molecule has 6 heteroatoms. The lowest BCUT2D eigenvalue weighted by molar-refractivity contribution is 0.226. The van der Waals surface area contributed by atoms with Gasteiger partial charge in [0.05, 0.1) is 6.33 Å². The van der Waals surface area contributed by atoms with Crippen molar-refractivity contribution in [1.29, 1.82) is 0 Å². The van der Waals surface area contributed by atoms with Crippen LogP contribution in [0, 0.1) is 5.92 Å². The number of anilines is 1. The van der Waals surface area contributed by atoms with Crippen molar-refractivity contribution in [2.24, 2.45) is 5.92 Å². The summed E-state index contributed by atoms with van der Waals surface area (Å²) in [7, 11) is 0. The third kappa shape index (κ3) is 1.96. The van der Waals surface area contributed by atoms with Crippen molar-refractivity contribution >= 4 is 17.0 Å². The van der Waals surface area contributed by atoms with Crippen molar-refractivity contribution < 1.29 is 5.11 Å². The molecule has 3 N–H and O–H groups in total. The van der Waals surface area contributed by atoms with Crippen LogP contribution in [0.2, 0.25) is 0 Å². The van der Waals surface area contributed by atoms with Gasteiger partial charge < -0.3 is 15.4 Å². The third-order valence-electron chi connectivity index (χ3n) is 2.73. The van der Waals surface area contributed by atoms with Crippen LogP contribution in [0.1, 0.15) is 13.8 Å². The van der Waals surface area contributed by atoms with Crippen molar-refractivity contribution in [2.45, 2.75) is 19.9 Å². The Labute approximate surface area is 93.1 Å². The first-order valence-electron chi connectivity index (χ1n) is 5.24. The number of aliphatic hydroxyl groups is 1. The monoisotopic (exact) mass is 221 g/mol. The van der Waals surface area contributed by atoms with E-state index in [9.17, 15) is 0 Å². The van der Waals surface area contributed by atoms with Crippen LogP contribution in [0.4, 0.5) is 5.82 Å². The lowest BCUT2D eigenvalue weighted by atomic mass is 10.1. The Hall–Kier alpha value is -1.69. The second kappa shape index (κ2) is 4.44. The third-order valence-corrected chi connectivity index (χ3v) is 2.73. The van der Waals surface area contributed by atoms with E-state index in [2.05, 4.69) is 25.3 Å². The van der Waals surface area contributed by atoms with Crippen LogP contribution in [-0.4, -0.2) is 37.7 Å². The summed E-state index contributed by atoms with van der Waals surface area (Å²) in [4.78, 5) is 15.2. The van der Waals surface area contributed by atoms with Gasteiger partial charge >= 0.3 is 0 Å². The van der Waals surface area contributed by atoms with E-state index < -0.39 is 0 Å². The number of H-pyrrole nitrogens is 1. The van der Waals surface area contributed by atoms with Crippen LogP contribution < -0.4 is 5.32 Å². The molecule has 0 aromatic carbocycles. The number of nitrogens with zero attached hydrogens (tertiary/aromatic N) is 3. The number of hydrogen-bond acceptors (Lipinski definition) is 5. The Morgan fingerprint density at radius 2 is 2.19 bits per heavy atom. The van der Waals surface area contributed by atoms with Gasteiger partial charge in [-0.1, -0.05) is 6.92 Å². The number of aromatic nitrogens is 4. The Balaban J connectivity index is 2.23. The van der Waals surface area contributed by atoms with E-state index in [-0.39, 0.29) is 18.6 Å². The molecule has 2 aromatic rings. The number of hydrogen-bond donors (Lipinski definition) is 3. The van der Waals surface area contributed by atoms with Crippen LogP contribution in [0.3, 0.4) is 0 Å². The van der Waals surface area contributed by atoms with Gasteiger partial charge in [-0.15, -0.1) is 0 Å². The summed E-state index contributed by atoms with van der Waals surface area (Å²) in [6.07, 6.45) is 3.06. The Morgan fingerprint density at radius 1 is 1.38 bits per heavy atom. The normalized spacial score (nSPS) is 14.9. The molecular formula is C10H15N5O. The molecule has 0 fully saturated rings. The van der Waals surface area contributed by atoms with Crippen molar-refractivity contribution in [3.63, 3.8) is 0 Å². The molecule has 0 bridgehead atoms. The molecule has 2 aromatic heterocycles. The van der Waals surface area contributed by atoms with E-state index >= 15 is 0 Å². The molecular weight excluding hydrogens is 206 g/mol. The molecule has 16 heavy (non-hydrogen) atoms. The number of aliphatic hydroxyl groups excluding tert-OH is 1. The first-order chi connectivity index (χ1) is 7.72. The van der Waals surface area contributed by atoms with Crippen molar-refractivity contribution in [1.82, 2.24) is 19.9 Å². The fourth-order valence-electron chi connectivity index (χ4n) is 1.39. The SMILES string of the molecule is CC(CO)C(C)Nc1ncnc2nc[nH]c12. The maximum atomic E-state index is 9.06.